The first-order valence-electron chi connectivity index (χ1n) is 9.54. The number of rotatable bonds is 8. The number of pyridine rings is 1. The van der Waals surface area contributed by atoms with E-state index in [-0.39, 0.29) is 6.10 Å². The zero-order valence-electron chi connectivity index (χ0n) is 16.7. The summed E-state index contributed by atoms with van der Waals surface area (Å²) in [7, 11) is 0. The van der Waals surface area contributed by atoms with Gasteiger partial charge in [0.15, 0.2) is 5.96 Å². The molecule has 150 valence electrons. The van der Waals surface area contributed by atoms with Gasteiger partial charge in [-0.15, -0.1) is 0 Å². The van der Waals surface area contributed by atoms with Crippen molar-refractivity contribution in [3.05, 3.63) is 84.2 Å². The Hall–Kier alpha value is -3.54. The van der Waals surface area contributed by atoms with Crippen molar-refractivity contribution in [3.8, 4) is 11.5 Å². The molecule has 6 heteroatoms. The minimum Gasteiger partial charge on any atom is -0.491 e. The molecular formula is C23H26N4O2. The van der Waals surface area contributed by atoms with Gasteiger partial charge in [0.05, 0.1) is 18.3 Å². The Morgan fingerprint density at radius 2 is 1.86 bits per heavy atom. The van der Waals surface area contributed by atoms with Crippen LogP contribution in [0.1, 0.15) is 25.1 Å². The Morgan fingerprint density at radius 3 is 2.59 bits per heavy atom. The highest BCUT2D eigenvalue weighted by atomic mass is 16.5. The van der Waals surface area contributed by atoms with E-state index in [9.17, 15) is 0 Å². The van der Waals surface area contributed by atoms with Crippen LogP contribution in [0.15, 0.2) is 77.9 Å². The van der Waals surface area contributed by atoms with E-state index in [1.165, 1.54) is 0 Å². The molecular weight excluding hydrogens is 364 g/mol. The second kappa shape index (κ2) is 10.1. The Kier molecular flexibility index (Phi) is 7.05. The molecule has 0 saturated heterocycles. The number of aliphatic imine (C=N–C) groups is 1. The van der Waals surface area contributed by atoms with Crippen molar-refractivity contribution >= 4 is 11.6 Å². The summed E-state index contributed by atoms with van der Waals surface area (Å²) in [5.41, 5.74) is 8.76. The molecule has 2 aromatic carbocycles. The standard InChI is InChI=1S/C23H26N4O2/c1-17(2)29-21-11-9-19(10-12-21)27-23(24)26-15-18-6-5-8-22(14-18)28-16-20-7-3-4-13-25-20/h3-14,17H,15-16H2,1-2H3,(H3,24,26,27). The SMILES string of the molecule is CC(C)Oc1ccc(NC(N)=NCc2cccc(OCc3ccccn3)c2)cc1. The lowest BCUT2D eigenvalue weighted by Gasteiger charge is -2.11. The number of benzene rings is 2. The maximum atomic E-state index is 6.01. The number of aromatic nitrogens is 1. The summed E-state index contributed by atoms with van der Waals surface area (Å²) >= 11 is 0. The van der Waals surface area contributed by atoms with Gasteiger partial charge in [0.1, 0.15) is 18.1 Å². The summed E-state index contributed by atoms with van der Waals surface area (Å²) in [6.07, 6.45) is 1.90. The second-order valence-corrected chi connectivity index (χ2v) is 6.77. The highest BCUT2D eigenvalue weighted by Gasteiger charge is 2.01. The molecule has 0 aliphatic carbocycles. The van der Waals surface area contributed by atoms with E-state index in [1.807, 2.05) is 80.6 Å². The molecule has 0 saturated carbocycles. The van der Waals surface area contributed by atoms with Crippen molar-refractivity contribution < 1.29 is 9.47 Å². The Morgan fingerprint density at radius 1 is 1.03 bits per heavy atom. The normalized spacial score (nSPS) is 11.3. The molecule has 0 unspecified atom stereocenters. The quantitative estimate of drug-likeness (QED) is 0.441. The average Bonchev–Trinajstić information content (AvgIpc) is 2.73. The summed E-state index contributed by atoms with van der Waals surface area (Å²) in [5.74, 6) is 1.95. The Bertz CT molecular complexity index is 925. The third-order valence-electron chi connectivity index (χ3n) is 3.94. The van der Waals surface area contributed by atoms with Gasteiger partial charge in [-0.1, -0.05) is 18.2 Å². The molecule has 0 spiro atoms. The molecule has 6 nitrogen and oxygen atoms in total. The molecule has 29 heavy (non-hydrogen) atoms. The van der Waals surface area contributed by atoms with Crippen molar-refractivity contribution in [3.63, 3.8) is 0 Å². The summed E-state index contributed by atoms with van der Waals surface area (Å²) in [6, 6.07) is 21.2. The van der Waals surface area contributed by atoms with Crippen LogP contribution in [-0.4, -0.2) is 17.0 Å². The lowest BCUT2D eigenvalue weighted by Crippen LogP contribution is -2.22. The topological polar surface area (TPSA) is 81.8 Å². The van der Waals surface area contributed by atoms with Gasteiger partial charge in [0.2, 0.25) is 0 Å². The van der Waals surface area contributed by atoms with Gasteiger partial charge in [-0.3, -0.25) is 4.98 Å². The molecule has 0 aliphatic rings. The number of hydrogen-bond acceptors (Lipinski definition) is 4. The highest BCUT2D eigenvalue weighted by molar-refractivity contribution is 5.92. The molecule has 3 aromatic rings. The van der Waals surface area contributed by atoms with E-state index >= 15 is 0 Å². The molecule has 0 radical (unpaired) electrons. The number of ether oxygens (including phenoxy) is 2. The lowest BCUT2D eigenvalue weighted by molar-refractivity contribution is 0.242. The second-order valence-electron chi connectivity index (χ2n) is 6.77. The van der Waals surface area contributed by atoms with Crippen molar-refractivity contribution in [1.29, 1.82) is 0 Å². The first-order valence-corrected chi connectivity index (χ1v) is 9.54. The molecule has 1 aromatic heterocycles. The first-order chi connectivity index (χ1) is 14.1. The molecule has 1 heterocycles. The van der Waals surface area contributed by atoms with Crippen LogP contribution in [0, 0.1) is 0 Å². The molecule has 3 rings (SSSR count). The fourth-order valence-corrected chi connectivity index (χ4v) is 2.63. The van der Waals surface area contributed by atoms with E-state index in [4.69, 9.17) is 15.2 Å². The summed E-state index contributed by atoms with van der Waals surface area (Å²) in [6.45, 7) is 4.87. The van der Waals surface area contributed by atoms with Crippen LogP contribution in [0.4, 0.5) is 5.69 Å². The maximum absolute atomic E-state index is 6.01. The van der Waals surface area contributed by atoms with Crippen LogP contribution in [0.25, 0.3) is 0 Å². The minimum atomic E-state index is 0.143. The van der Waals surface area contributed by atoms with Crippen LogP contribution in [0.2, 0.25) is 0 Å². The third kappa shape index (κ3) is 6.84. The first kappa shape index (κ1) is 20.2. The van der Waals surface area contributed by atoms with Gasteiger partial charge in [-0.25, -0.2) is 4.99 Å². The maximum Gasteiger partial charge on any atom is 0.193 e. The van der Waals surface area contributed by atoms with E-state index in [0.717, 1.165) is 28.4 Å². The summed E-state index contributed by atoms with van der Waals surface area (Å²) in [5, 5.41) is 3.09. The molecule has 0 bridgehead atoms. The average molecular weight is 390 g/mol. The number of guanidine groups is 1. The zero-order valence-corrected chi connectivity index (χ0v) is 16.7. The van der Waals surface area contributed by atoms with E-state index in [2.05, 4.69) is 15.3 Å². The smallest absolute Gasteiger partial charge is 0.193 e. The van der Waals surface area contributed by atoms with Crippen molar-refractivity contribution in [2.24, 2.45) is 10.7 Å². The van der Waals surface area contributed by atoms with Crippen molar-refractivity contribution in [2.45, 2.75) is 33.1 Å². The van der Waals surface area contributed by atoms with E-state index in [1.54, 1.807) is 6.20 Å². The van der Waals surface area contributed by atoms with Crippen LogP contribution >= 0.6 is 0 Å². The molecule has 3 N–H and O–H groups in total. The number of hydrogen-bond donors (Lipinski definition) is 2. The Labute approximate surface area is 171 Å². The van der Waals surface area contributed by atoms with Crippen LogP contribution in [-0.2, 0) is 13.2 Å². The van der Waals surface area contributed by atoms with Gasteiger partial charge < -0.3 is 20.5 Å². The van der Waals surface area contributed by atoms with Gasteiger partial charge in [0.25, 0.3) is 0 Å². The third-order valence-corrected chi connectivity index (χ3v) is 3.94. The lowest BCUT2D eigenvalue weighted by atomic mass is 10.2. The van der Waals surface area contributed by atoms with Gasteiger partial charge in [-0.2, -0.15) is 0 Å². The fourth-order valence-electron chi connectivity index (χ4n) is 2.63. The summed E-state index contributed by atoms with van der Waals surface area (Å²) in [4.78, 5) is 8.66. The van der Waals surface area contributed by atoms with Gasteiger partial charge >= 0.3 is 0 Å². The number of nitrogens with zero attached hydrogens (tertiary/aromatic N) is 2. The molecule has 0 atom stereocenters. The Balaban J connectivity index is 1.53. The predicted octanol–water partition coefficient (Wildman–Crippen LogP) is 4.37. The van der Waals surface area contributed by atoms with E-state index in [0.29, 0.717) is 19.1 Å². The van der Waals surface area contributed by atoms with Gasteiger partial charge in [0, 0.05) is 11.9 Å². The van der Waals surface area contributed by atoms with Crippen molar-refractivity contribution in [1.82, 2.24) is 4.98 Å². The summed E-state index contributed by atoms with van der Waals surface area (Å²) < 4.78 is 11.4. The fraction of sp³-hybridized carbons (Fsp3) is 0.217. The largest absolute Gasteiger partial charge is 0.491 e. The van der Waals surface area contributed by atoms with Crippen LogP contribution < -0.4 is 20.5 Å². The number of nitrogens with one attached hydrogen (secondary N) is 1. The molecule has 0 fully saturated rings. The van der Waals surface area contributed by atoms with Crippen LogP contribution in [0.3, 0.4) is 0 Å². The number of anilines is 1. The molecule has 0 aliphatic heterocycles. The van der Waals surface area contributed by atoms with E-state index < -0.39 is 0 Å². The predicted molar refractivity (Wildman–Crippen MR) is 116 cm³/mol. The zero-order chi connectivity index (χ0) is 20.5. The minimum absolute atomic E-state index is 0.143. The highest BCUT2D eigenvalue weighted by Crippen LogP contribution is 2.17. The molecule has 0 amide bonds. The van der Waals surface area contributed by atoms with Gasteiger partial charge in [-0.05, 0) is 67.9 Å². The monoisotopic (exact) mass is 390 g/mol. The van der Waals surface area contributed by atoms with Crippen LogP contribution in [0.5, 0.6) is 11.5 Å². The van der Waals surface area contributed by atoms with Crippen molar-refractivity contribution in [2.75, 3.05) is 5.32 Å². The number of nitrogens with two attached hydrogens (primary N) is 1.